The third-order valence-electron chi connectivity index (χ3n) is 9.81. The van der Waals surface area contributed by atoms with E-state index in [1.165, 1.54) is 60.9 Å². The highest BCUT2D eigenvalue weighted by molar-refractivity contribution is 5.82. The molecule has 0 bridgehead atoms. The van der Waals surface area contributed by atoms with Gasteiger partial charge in [-0.3, -0.25) is 4.79 Å². The van der Waals surface area contributed by atoms with E-state index >= 15 is 0 Å². The Balaban J connectivity index is 0.000000131. The Morgan fingerprint density at radius 1 is 0.474 bits per heavy atom. The van der Waals surface area contributed by atoms with Gasteiger partial charge in [-0.1, -0.05) is 36.4 Å². The van der Waals surface area contributed by atoms with Crippen LogP contribution >= 0.6 is 0 Å². The van der Waals surface area contributed by atoms with E-state index in [1.54, 1.807) is 72.8 Å². The van der Waals surface area contributed by atoms with E-state index in [0.717, 1.165) is 11.1 Å². The summed E-state index contributed by atoms with van der Waals surface area (Å²) in [6, 6.07) is 33.6. The van der Waals surface area contributed by atoms with Crippen molar-refractivity contribution in [3.05, 3.63) is 166 Å². The summed E-state index contributed by atoms with van der Waals surface area (Å²) in [6.45, 7) is 0.671. The maximum Gasteiger partial charge on any atom is 0.200 e. The van der Waals surface area contributed by atoms with Crippen molar-refractivity contribution >= 4 is 11.0 Å². The Hall–Kier alpha value is -7.15. The van der Waals surface area contributed by atoms with Crippen molar-refractivity contribution < 1.29 is 54.7 Å². The predicted molar refractivity (Wildman–Crippen MR) is 210 cm³/mol. The first-order valence-corrected chi connectivity index (χ1v) is 17.8. The lowest BCUT2D eigenvalue weighted by molar-refractivity contribution is 0.0884. The van der Waals surface area contributed by atoms with Gasteiger partial charge in [-0.15, -0.1) is 0 Å². The zero-order chi connectivity index (χ0) is 40.2. The quantitative estimate of drug-likeness (QED) is 0.0879. The molecule has 0 saturated carbocycles. The fourth-order valence-corrected chi connectivity index (χ4v) is 6.72. The van der Waals surface area contributed by atoms with Crippen LogP contribution in [0.25, 0.3) is 22.1 Å². The molecule has 4 atom stereocenters. The van der Waals surface area contributed by atoms with Crippen LogP contribution in [0.4, 0.5) is 0 Å². The van der Waals surface area contributed by atoms with Crippen molar-refractivity contribution in [2.45, 2.75) is 24.0 Å². The molecule has 0 radical (unpaired) electrons. The Labute approximate surface area is 325 Å². The molecule has 0 spiro atoms. The van der Waals surface area contributed by atoms with Crippen LogP contribution in [0, 0.1) is 0 Å². The molecular weight excluding hydrogens is 732 g/mol. The smallest absolute Gasteiger partial charge is 0.200 e. The third-order valence-corrected chi connectivity index (χ3v) is 9.81. The molecule has 0 saturated heterocycles. The Bertz CT molecular complexity index is 2440. The number of hydrogen-bond acceptors (Lipinski definition) is 12. The molecule has 8 N–H and O–H groups in total. The average Bonchev–Trinajstić information content (AvgIpc) is 3.20. The van der Waals surface area contributed by atoms with Crippen LogP contribution in [-0.2, 0) is 0 Å². The summed E-state index contributed by atoms with van der Waals surface area (Å²) in [6.07, 6.45) is -0.0148. The van der Waals surface area contributed by atoms with Crippen LogP contribution in [0.1, 0.15) is 46.3 Å². The van der Waals surface area contributed by atoms with Gasteiger partial charge in [0.05, 0.1) is 36.4 Å². The number of aromatic hydroxyl groups is 6. The Morgan fingerprint density at radius 3 is 1.35 bits per heavy atom. The molecule has 6 aromatic carbocycles. The molecule has 9 rings (SSSR count). The van der Waals surface area contributed by atoms with Gasteiger partial charge >= 0.3 is 0 Å². The molecule has 3 heterocycles. The van der Waals surface area contributed by atoms with Crippen LogP contribution in [0.5, 0.6) is 46.0 Å². The molecule has 12 heteroatoms. The average molecular weight is 771 g/mol. The van der Waals surface area contributed by atoms with Gasteiger partial charge in [-0.05, 0) is 89.5 Å². The lowest BCUT2D eigenvalue weighted by Crippen LogP contribution is -2.24. The van der Waals surface area contributed by atoms with Crippen molar-refractivity contribution in [1.82, 2.24) is 0 Å². The lowest BCUT2D eigenvalue weighted by atomic mass is 9.87. The lowest BCUT2D eigenvalue weighted by Gasteiger charge is -2.30. The van der Waals surface area contributed by atoms with Crippen LogP contribution < -0.4 is 14.9 Å². The second-order valence-corrected chi connectivity index (χ2v) is 13.6. The molecule has 0 aliphatic carbocycles. The molecule has 290 valence electrons. The number of benzene rings is 6. The maximum atomic E-state index is 12.3. The molecule has 0 unspecified atom stereocenters. The highest BCUT2D eigenvalue weighted by Gasteiger charge is 2.32. The van der Waals surface area contributed by atoms with E-state index in [1.807, 2.05) is 0 Å². The van der Waals surface area contributed by atoms with Crippen LogP contribution in [0.3, 0.4) is 0 Å². The first-order chi connectivity index (χ1) is 27.4. The van der Waals surface area contributed by atoms with E-state index < -0.39 is 12.2 Å². The molecule has 0 fully saturated rings. The number of hydrogen-bond donors (Lipinski definition) is 8. The molecule has 7 aromatic rings. The minimum Gasteiger partial charge on any atom is -0.508 e. The van der Waals surface area contributed by atoms with Gasteiger partial charge in [-0.25, -0.2) is 0 Å². The summed E-state index contributed by atoms with van der Waals surface area (Å²) >= 11 is 0. The molecule has 1 aromatic heterocycles. The monoisotopic (exact) mass is 770 g/mol. The maximum absolute atomic E-state index is 12.3. The van der Waals surface area contributed by atoms with Gasteiger partial charge < -0.3 is 54.7 Å². The van der Waals surface area contributed by atoms with Crippen molar-refractivity contribution in [3.63, 3.8) is 0 Å². The van der Waals surface area contributed by atoms with E-state index in [4.69, 9.17) is 13.9 Å². The van der Waals surface area contributed by atoms with Gasteiger partial charge in [0.25, 0.3) is 0 Å². The summed E-state index contributed by atoms with van der Waals surface area (Å²) in [7, 11) is 0. The molecule has 12 nitrogen and oxygen atoms in total. The zero-order valence-electron chi connectivity index (χ0n) is 30.1. The molecule has 2 aliphatic rings. The number of phenolic OH excluding ortho intramolecular Hbond substituents is 6. The summed E-state index contributed by atoms with van der Waals surface area (Å²) < 4.78 is 16.5. The van der Waals surface area contributed by atoms with E-state index in [-0.39, 0.29) is 51.8 Å². The summed E-state index contributed by atoms with van der Waals surface area (Å²) in [5.74, 6) is 1.48. The number of aliphatic hydroxyl groups is 2. The fraction of sp³-hybridized carbons (Fsp3) is 0.133. The summed E-state index contributed by atoms with van der Waals surface area (Å²) in [5.41, 5.74) is 4.40. The van der Waals surface area contributed by atoms with Crippen LogP contribution in [-0.4, -0.2) is 54.1 Å². The van der Waals surface area contributed by atoms with Crippen LogP contribution in [0.2, 0.25) is 0 Å². The largest absolute Gasteiger partial charge is 0.508 e. The SMILES string of the molecule is O=c1c(-c2ccc(O)cc2)coc2cc(O)ccc12.Oc1ccc([C@@H]2COc3cc(O)ccc3[C@@H]2O)cc1.Oc1ccc([C@@H]2COc3cc(O)ccc3[C@H]2O)cc1. The van der Waals surface area contributed by atoms with Gasteiger partial charge in [0.2, 0.25) is 0 Å². The highest BCUT2D eigenvalue weighted by Crippen LogP contribution is 2.43. The minimum atomic E-state index is -0.686. The number of aliphatic hydroxyl groups excluding tert-OH is 2. The Kier molecular flexibility index (Phi) is 10.9. The van der Waals surface area contributed by atoms with Crippen molar-refractivity contribution in [3.8, 4) is 57.1 Å². The van der Waals surface area contributed by atoms with E-state index in [0.29, 0.717) is 57.9 Å². The van der Waals surface area contributed by atoms with Gasteiger partial charge in [0, 0.05) is 41.2 Å². The minimum absolute atomic E-state index is 0.0491. The molecule has 0 amide bonds. The van der Waals surface area contributed by atoms with Crippen molar-refractivity contribution in [1.29, 1.82) is 0 Å². The number of phenols is 6. The van der Waals surface area contributed by atoms with Gasteiger partial charge in [0.1, 0.15) is 57.8 Å². The van der Waals surface area contributed by atoms with E-state index in [9.17, 15) is 45.6 Å². The Morgan fingerprint density at radius 2 is 0.877 bits per heavy atom. The fourth-order valence-electron chi connectivity index (χ4n) is 6.72. The topological polar surface area (TPSA) is 211 Å². The van der Waals surface area contributed by atoms with E-state index in [2.05, 4.69) is 0 Å². The zero-order valence-corrected chi connectivity index (χ0v) is 30.1. The first kappa shape index (κ1) is 38.1. The normalized spacial score (nSPS) is 17.9. The van der Waals surface area contributed by atoms with Crippen molar-refractivity contribution in [2.24, 2.45) is 0 Å². The predicted octanol–water partition coefficient (Wildman–Crippen LogP) is 7.49. The summed E-state index contributed by atoms with van der Waals surface area (Å²) in [5, 5.41) is 77.2. The van der Waals surface area contributed by atoms with Gasteiger partial charge in [0.15, 0.2) is 5.43 Å². The first-order valence-electron chi connectivity index (χ1n) is 17.8. The highest BCUT2D eigenvalue weighted by atomic mass is 16.5. The second-order valence-electron chi connectivity index (χ2n) is 13.6. The molecule has 57 heavy (non-hydrogen) atoms. The third kappa shape index (κ3) is 8.42. The molecule has 2 aliphatic heterocycles. The number of ether oxygens (including phenoxy) is 2. The standard InChI is InChI=1S/2C15H14O4.C15H10O4/c3*16-10-3-1-9(2-4-10)13-8-19-14-7-11(17)5-6-12(14)15(13)18/h2*1-7,13,15-18H,8H2;1-8,16-17H/t13-,15+;13-,15-;/m00./s1. The summed E-state index contributed by atoms with van der Waals surface area (Å²) in [4.78, 5) is 12.3. The number of fused-ring (bicyclic) bond motifs is 3. The van der Waals surface area contributed by atoms with Crippen LogP contribution in [0.15, 0.2) is 143 Å². The second kappa shape index (κ2) is 16.3. The number of rotatable bonds is 3. The van der Waals surface area contributed by atoms with Crippen molar-refractivity contribution in [2.75, 3.05) is 13.2 Å². The molecular formula is C45H38O12. The van der Waals surface area contributed by atoms with Gasteiger partial charge in [-0.2, -0.15) is 0 Å².